The third kappa shape index (κ3) is 9.81. The first-order valence-electron chi connectivity index (χ1n) is 5.57. The van der Waals surface area contributed by atoms with Gasteiger partial charge in [0.1, 0.15) is 0 Å². The first kappa shape index (κ1) is 12.9. The monoisotopic (exact) mass is 190 g/mol. The first-order chi connectivity index (χ1) is 6.31. The van der Waals surface area contributed by atoms with Crippen LogP contribution in [0.15, 0.2) is 0 Å². The van der Waals surface area contributed by atoms with Crippen molar-refractivity contribution in [3.63, 3.8) is 0 Å². The zero-order chi connectivity index (χ0) is 9.94. The number of ether oxygens (including phenoxy) is 1. The summed E-state index contributed by atoms with van der Waals surface area (Å²) in [5.41, 5.74) is 0. The van der Waals surface area contributed by atoms with Gasteiger partial charge in [-0.05, 0) is 12.8 Å². The maximum atomic E-state index is 12.9. The van der Waals surface area contributed by atoms with Crippen LogP contribution in [0.5, 0.6) is 0 Å². The number of unbranched alkanes of at least 4 members (excludes halogenated alkanes) is 4. The summed E-state index contributed by atoms with van der Waals surface area (Å²) in [6.45, 7) is 4.81. The normalized spacial score (nSPS) is 13.2. The van der Waals surface area contributed by atoms with Gasteiger partial charge in [0.25, 0.3) is 0 Å². The molecule has 0 spiro atoms. The van der Waals surface area contributed by atoms with Crippen molar-refractivity contribution in [2.75, 3.05) is 6.61 Å². The average Bonchev–Trinajstić information content (AvgIpc) is 2.13. The molecule has 0 saturated carbocycles. The summed E-state index contributed by atoms with van der Waals surface area (Å²) >= 11 is 0. The van der Waals surface area contributed by atoms with E-state index < -0.39 is 6.36 Å². The lowest BCUT2D eigenvalue weighted by molar-refractivity contribution is -0.0455. The molecule has 0 aliphatic carbocycles. The lowest BCUT2D eigenvalue weighted by Crippen LogP contribution is -2.07. The molecule has 0 aliphatic heterocycles. The van der Waals surface area contributed by atoms with Crippen molar-refractivity contribution >= 4 is 0 Å². The molecule has 1 nitrogen and oxygen atoms in total. The number of alkyl halides is 1. The van der Waals surface area contributed by atoms with Crippen LogP contribution >= 0.6 is 0 Å². The van der Waals surface area contributed by atoms with E-state index >= 15 is 0 Å². The zero-order valence-corrected chi connectivity index (χ0v) is 9.02. The molecule has 1 unspecified atom stereocenters. The molecule has 2 heteroatoms. The Bertz CT molecular complexity index is 96.1. The Morgan fingerprint density at radius 2 is 1.69 bits per heavy atom. The Morgan fingerprint density at radius 1 is 1.00 bits per heavy atom. The molecule has 0 aromatic carbocycles. The quantitative estimate of drug-likeness (QED) is 0.498. The summed E-state index contributed by atoms with van der Waals surface area (Å²) < 4.78 is 17.9. The largest absolute Gasteiger partial charge is 0.348 e. The van der Waals surface area contributed by atoms with E-state index in [0.29, 0.717) is 13.0 Å². The van der Waals surface area contributed by atoms with Crippen molar-refractivity contribution in [1.82, 2.24) is 0 Å². The summed E-state index contributed by atoms with van der Waals surface area (Å²) in [4.78, 5) is 0. The molecular weight excluding hydrogens is 167 g/mol. The Hall–Kier alpha value is -0.110. The van der Waals surface area contributed by atoms with Crippen LogP contribution in [0.3, 0.4) is 0 Å². The molecule has 0 aromatic heterocycles. The average molecular weight is 190 g/mol. The van der Waals surface area contributed by atoms with Gasteiger partial charge in [-0.2, -0.15) is 0 Å². The van der Waals surface area contributed by atoms with Crippen LogP contribution in [-0.2, 0) is 4.74 Å². The van der Waals surface area contributed by atoms with Crippen LogP contribution in [0.2, 0.25) is 0 Å². The summed E-state index contributed by atoms with van der Waals surface area (Å²) in [5.74, 6) is 0. The van der Waals surface area contributed by atoms with Gasteiger partial charge in [-0.3, -0.25) is 0 Å². The molecule has 0 fully saturated rings. The van der Waals surface area contributed by atoms with Crippen LogP contribution < -0.4 is 0 Å². The van der Waals surface area contributed by atoms with E-state index in [1.54, 1.807) is 0 Å². The molecular formula is C11H23FO. The van der Waals surface area contributed by atoms with Crippen molar-refractivity contribution in [2.45, 2.75) is 65.2 Å². The van der Waals surface area contributed by atoms with Crippen molar-refractivity contribution < 1.29 is 9.13 Å². The SMILES string of the molecule is CCCCCCC(F)OCCCC. The smallest absolute Gasteiger partial charge is 0.198 e. The molecule has 80 valence electrons. The molecule has 0 aliphatic rings. The summed E-state index contributed by atoms with van der Waals surface area (Å²) in [7, 11) is 0. The highest BCUT2D eigenvalue weighted by atomic mass is 19.1. The molecule has 0 rings (SSSR count). The number of rotatable bonds is 9. The van der Waals surface area contributed by atoms with E-state index in [2.05, 4.69) is 13.8 Å². The minimum absolute atomic E-state index is 0.573. The van der Waals surface area contributed by atoms with Gasteiger partial charge in [-0.15, -0.1) is 0 Å². The van der Waals surface area contributed by atoms with Gasteiger partial charge in [0.05, 0.1) is 6.61 Å². The molecule has 1 atom stereocenters. The highest BCUT2D eigenvalue weighted by molar-refractivity contribution is 4.46. The topological polar surface area (TPSA) is 9.23 Å². The first-order valence-corrected chi connectivity index (χ1v) is 5.57. The van der Waals surface area contributed by atoms with Crippen LogP contribution in [0.25, 0.3) is 0 Å². The molecule has 0 N–H and O–H groups in total. The minimum Gasteiger partial charge on any atom is -0.348 e. The molecule has 0 heterocycles. The molecule has 0 amide bonds. The lowest BCUT2D eigenvalue weighted by atomic mass is 10.1. The molecule has 0 saturated heterocycles. The van der Waals surface area contributed by atoms with Crippen molar-refractivity contribution in [2.24, 2.45) is 0 Å². The lowest BCUT2D eigenvalue weighted by Gasteiger charge is -2.08. The summed E-state index contributed by atoms with van der Waals surface area (Å²) in [5, 5.41) is 0. The maximum Gasteiger partial charge on any atom is 0.198 e. The van der Waals surface area contributed by atoms with E-state index in [-0.39, 0.29) is 0 Å². The van der Waals surface area contributed by atoms with Crippen LogP contribution in [0, 0.1) is 0 Å². The molecule has 0 aromatic rings. The second-order valence-corrected chi connectivity index (χ2v) is 3.48. The summed E-state index contributed by atoms with van der Waals surface area (Å²) in [6.07, 6.45) is 6.09. The molecule has 0 bridgehead atoms. The van der Waals surface area contributed by atoms with Gasteiger partial charge < -0.3 is 4.74 Å². The van der Waals surface area contributed by atoms with Gasteiger partial charge in [-0.1, -0.05) is 39.5 Å². The number of hydrogen-bond acceptors (Lipinski definition) is 1. The van der Waals surface area contributed by atoms with E-state index in [4.69, 9.17) is 4.74 Å². The Labute approximate surface area is 81.7 Å². The molecule has 13 heavy (non-hydrogen) atoms. The third-order valence-corrected chi connectivity index (χ3v) is 2.08. The standard InChI is InChI=1S/C11H23FO/c1-3-5-7-8-9-11(12)13-10-6-4-2/h11H,3-10H2,1-2H3. The van der Waals surface area contributed by atoms with Crippen molar-refractivity contribution in [1.29, 1.82) is 0 Å². The number of halogens is 1. The van der Waals surface area contributed by atoms with Crippen molar-refractivity contribution in [3.05, 3.63) is 0 Å². The Morgan fingerprint density at radius 3 is 2.31 bits per heavy atom. The van der Waals surface area contributed by atoms with Gasteiger partial charge in [0.15, 0.2) is 6.36 Å². The second-order valence-electron chi connectivity index (χ2n) is 3.48. The fourth-order valence-corrected chi connectivity index (χ4v) is 1.17. The predicted octanol–water partition coefficient (Wildman–Crippen LogP) is 4.07. The maximum absolute atomic E-state index is 12.9. The fourth-order valence-electron chi connectivity index (χ4n) is 1.17. The van der Waals surface area contributed by atoms with Gasteiger partial charge in [-0.25, -0.2) is 4.39 Å². The zero-order valence-electron chi connectivity index (χ0n) is 9.02. The van der Waals surface area contributed by atoms with E-state index in [0.717, 1.165) is 25.7 Å². The van der Waals surface area contributed by atoms with Gasteiger partial charge >= 0.3 is 0 Å². The van der Waals surface area contributed by atoms with Gasteiger partial charge in [0, 0.05) is 6.42 Å². The second kappa shape index (κ2) is 9.97. The summed E-state index contributed by atoms with van der Waals surface area (Å²) in [6, 6.07) is 0. The van der Waals surface area contributed by atoms with Gasteiger partial charge in [0.2, 0.25) is 0 Å². The van der Waals surface area contributed by atoms with E-state index in [1.165, 1.54) is 12.8 Å². The van der Waals surface area contributed by atoms with E-state index in [9.17, 15) is 4.39 Å². The number of hydrogen-bond donors (Lipinski definition) is 0. The highest BCUT2D eigenvalue weighted by Crippen LogP contribution is 2.09. The fraction of sp³-hybridized carbons (Fsp3) is 1.00. The van der Waals surface area contributed by atoms with E-state index in [1.807, 2.05) is 0 Å². The van der Waals surface area contributed by atoms with Crippen LogP contribution in [-0.4, -0.2) is 13.0 Å². The molecule has 0 radical (unpaired) electrons. The third-order valence-electron chi connectivity index (χ3n) is 2.08. The van der Waals surface area contributed by atoms with Crippen LogP contribution in [0.4, 0.5) is 4.39 Å². The van der Waals surface area contributed by atoms with Crippen LogP contribution in [0.1, 0.15) is 58.8 Å². The predicted molar refractivity (Wildman–Crippen MR) is 54.5 cm³/mol. The van der Waals surface area contributed by atoms with Crippen molar-refractivity contribution in [3.8, 4) is 0 Å². The highest BCUT2D eigenvalue weighted by Gasteiger charge is 2.04. The minimum atomic E-state index is -1.02. The Balaban J connectivity index is 3.05. The Kier molecular flexibility index (Phi) is 9.89.